The molecule has 2 aromatic carbocycles. The van der Waals surface area contributed by atoms with E-state index in [1.54, 1.807) is 6.07 Å². The molecule has 4 heteroatoms. The van der Waals surface area contributed by atoms with Crippen LogP contribution in [0.3, 0.4) is 0 Å². The van der Waals surface area contributed by atoms with Gasteiger partial charge in [0.25, 0.3) is 0 Å². The molecule has 0 amide bonds. The van der Waals surface area contributed by atoms with Gasteiger partial charge in [-0.05, 0) is 54.8 Å². The molecule has 0 bridgehead atoms. The fourth-order valence-corrected chi connectivity index (χ4v) is 1.97. The van der Waals surface area contributed by atoms with Crippen molar-refractivity contribution in [3.8, 4) is 0 Å². The summed E-state index contributed by atoms with van der Waals surface area (Å²) in [4.78, 5) is 11.4. The van der Waals surface area contributed by atoms with Crippen LogP contribution in [-0.2, 0) is 4.79 Å². The van der Waals surface area contributed by atoms with E-state index in [1.807, 2.05) is 32.0 Å². The first-order valence-corrected chi connectivity index (χ1v) is 6.29. The van der Waals surface area contributed by atoms with E-state index in [-0.39, 0.29) is 0 Å². The van der Waals surface area contributed by atoms with Crippen molar-refractivity contribution in [1.82, 2.24) is 0 Å². The molecule has 0 spiro atoms. The lowest BCUT2D eigenvalue weighted by Crippen LogP contribution is -2.20. The predicted octanol–water partition coefficient (Wildman–Crippen LogP) is 3.68. The van der Waals surface area contributed by atoms with Crippen LogP contribution in [0.1, 0.15) is 22.7 Å². The van der Waals surface area contributed by atoms with Crippen LogP contribution < -0.4 is 5.32 Å². The Balaban J connectivity index is 2.30. The number of anilines is 1. The number of halogens is 1. The first-order chi connectivity index (χ1) is 9.47. The number of carboxylic acids is 1. The number of hydrogen-bond acceptors (Lipinski definition) is 2. The van der Waals surface area contributed by atoms with Crippen LogP contribution in [0.2, 0.25) is 0 Å². The van der Waals surface area contributed by atoms with Gasteiger partial charge in [0, 0.05) is 5.69 Å². The maximum absolute atomic E-state index is 13.2. The molecule has 0 aliphatic carbocycles. The summed E-state index contributed by atoms with van der Waals surface area (Å²) in [6, 6.07) is 10.3. The number of benzene rings is 2. The van der Waals surface area contributed by atoms with Crippen LogP contribution in [0.15, 0.2) is 42.5 Å². The van der Waals surface area contributed by atoms with Crippen molar-refractivity contribution < 1.29 is 14.3 Å². The van der Waals surface area contributed by atoms with Gasteiger partial charge in [-0.2, -0.15) is 0 Å². The third kappa shape index (κ3) is 3.15. The Labute approximate surface area is 117 Å². The molecule has 0 aliphatic heterocycles. The molecule has 2 aromatic rings. The van der Waals surface area contributed by atoms with Crippen LogP contribution in [0, 0.1) is 19.7 Å². The SMILES string of the molecule is Cc1ccc(NC(C(=O)O)c2cccc(F)c2)cc1C. The van der Waals surface area contributed by atoms with Crippen molar-refractivity contribution in [3.63, 3.8) is 0 Å². The van der Waals surface area contributed by atoms with Gasteiger partial charge in [-0.3, -0.25) is 0 Å². The predicted molar refractivity (Wildman–Crippen MR) is 76.3 cm³/mol. The van der Waals surface area contributed by atoms with E-state index < -0.39 is 17.8 Å². The fourth-order valence-electron chi connectivity index (χ4n) is 1.97. The molecule has 0 radical (unpaired) electrons. The zero-order valence-electron chi connectivity index (χ0n) is 11.4. The molecule has 0 heterocycles. The number of hydrogen-bond donors (Lipinski definition) is 2. The van der Waals surface area contributed by atoms with Gasteiger partial charge >= 0.3 is 5.97 Å². The second-order valence-corrected chi connectivity index (χ2v) is 4.77. The average Bonchev–Trinajstić information content (AvgIpc) is 2.39. The Bertz CT molecular complexity index is 640. The molecule has 2 N–H and O–H groups in total. The Morgan fingerprint density at radius 2 is 1.90 bits per heavy atom. The zero-order valence-corrected chi connectivity index (χ0v) is 11.4. The van der Waals surface area contributed by atoms with Crippen LogP contribution >= 0.6 is 0 Å². The molecule has 0 fully saturated rings. The highest BCUT2D eigenvalue weighted by Gasteiger charge is 2.20. The van der Waals surface area contributed by atoms with Gasteiger partial charge in [0.05, 0.1) is 0 Å². The van der Waals surface area contributed by atoms with Crippen LogP contribution in [-0.4, -0.2) is 11.1 Å². The standard InChI is InChI=1S/C16H16FNO2/c1-10-6-7-14(8-11(10)2)18-15(16(19)20)12-4-3-5-13(17)9-12/h3-9,15,18H,1-2H3,(H,19,20). The Hall–Kier alpha value is -2.36. The highest BCUT2D eigenvalue weighted by Crippen LogP contribution is 2.22. The van der Waals surface area contributed by atoms with Crippen molar-refractivity contribution in [2.75, 3.05) is 5.32 Å². The minimum atomic E-state index is -1.05. The molecular weight excluding hydrogens is 257 g/mol. The van der Waals surface area contributed by atoms with Crippen LogP contribution in [0.25, 0.3) is 0 Å². The van der Waals surface area contributed by atoms with E-state index in [2.05, 4.69) is 5.32 Å². The summed E-state index contributed by atoms with van der Waals surface area (Å²) >= 11 is 0. The molecular formula is C16H16FNO2. The Morgan fingerprint density at radius 1 is 1.15 bits per heavy atom. The molecule has 2 rings (SSSR count). The topological polar surface area (TPSA) is 49.3 Å². The minimum Gasteiger partial charge on any atom is -0.479 e. The summed E-state index contributed by atoms with van der Waals surface area (Å²) in [5, 5.41) is 12.2. The quantitative estimate of drug-likeness (QED) is 0.893. The molecule has 0 saturated carbocycles. The van der Waals surface area contributed by atoms with Crippen molar-refractivity contribution in [2.24, 2.45) is 0 Å². The molecule has 0 aliphatic rings. The second-order valence-electron chi connectivity index (χ2n) is 4.77. The van der Waals surface area contributed by atoms with Gasteiger partial charge in [-0.15, -0.1) is 0 Å². The Morgan fingerprint density at radius 3 is 2.50 bits per heavy atom. The maximum Gasteiger partial charge on any atom is 0.330 e. The van der Waals surface area contributed by atoms with Gasteiger partial charge < -0.3 is 10.4 Å². The molecule has 0 saturated heterocycles. The number of aryl methyl sites for hydroxylation is 2. The van der Waals surface area contributed by atoms with Gasteiger partial charge in [0.2, 0.25) is 0 Å². The molecule has 1 atom stereocenters. The van der Waals surface area contributed by atoms with Crippen molar-refractivity contribution in [1.29, 1.82) is 0 Å². The first kappa shape index (κ1) is 14.1. The molecule has 20 heavy (non-hydrogen) atoms. The number of carbonyl (C=O) groups is 1. The number of aliphatic carboxylic acids is 1. The third-order valence-electron chi connectivity index (χ3n) is 3.25. The monoisotopic (exact) mass is 273 g/mol. The summed E-state index contributed by atoms with van der Waals surface area (Å²) in [6.45, 7) is 3.94. The van der Waals surface area contributed by atoms with Gasteiger partial charge in [0.1, 0.15) is 5.82 Å². The summed E-state index contributed by atoms with van der Waals surface area (Å²) in [5.41, 5.74) is 3.28. The summed E-state index contributed by atoms with van der Waals surface area (Å²) in [6.07, 6.45) is 0. The normalized spacial score (nSPS) is 11.9. The zero-order chi connectivity index (χ0) is 14.7. The van der Waals surface area contributed by atoms with E-state index in [9.17, 15) is 14.3 Å². The summed E-state index contributed by atoms with van der Waals surface area (Å²) in [5.74, 6) is -1.50. The summed E-state index contributed by atoms with van der Waals surface area (Å²) in [7, 11) is 0. The van der Waals surface area contributed by atoms with E-state index >= 15 is 0 Å². The van der Waals surface area contributed by atoms with Gasteiger partial charge in [-0.25, -0.2) is 9.18 Å². The smallest absolute Gasteiger partial charge is 0.330 e. The second kappa shape index (κ2) is 5.74. The molecule has 0 aromatic heterocycles. The van der Waals surface area contributed by atoms with Crippen molar-refractivity contribution in [2.45, 2.75) is 19.9 Å². The highest BCUT2D eigenvalue weighted by molar-refractivity contribution is 5.79. The summed E-state index contributed by atoms with van der Waals surface area (Å²) < 4.78 is 13.2. The van der Waals surface area contributed by atoms with Gasteiger partial charge in [-0.1, -0.05) is 18.2 Å². The molecule has 104 valence electrons. The third-order valence-corrected chi connectivity index (χ3v) is 3.25. The lowest BCUT2D eigenvalue weighted by Gasteiger charge is -2.17. The van der Waals surface area contributed by atoms with Crippen LogP contribution in [0.4, 0.5) is 10.1 Å². The maximum atomic E-state index is 13.2. The van der Waals surface area contributed by atoms with E-state index in [1.165, 1.54) is 18.2 Å². The average molecular weight is 273 g/mol. The van der Waals surface area contributed by atoms with Crippen LogP contribution in [0.5, 0.6) is 0 Å². The molecule has 3 nitrogen and oxygen atoms in total. The number of carboxylic acid groups (broad SMARTS) is 1. The van der Waals surface area contributed by atoms with Crippen molar-refractivity contribution in [3.05, 3.63) is 65.0 Å². The number of rotatable bonds is 4. The fraction of sp³-hybridized carbons (Fsp3) is 0.188. The molecule has 1 unspecified atom stereocenters. The largest absolute Gasteiger partial charge is 0.479 e. The van der Waals surface area contributed by atoms with E-state index in [0.29, 0.717) is 11.3 Å². The minimum absolute atomic E-state index is 0.385. The van der Waals surface area contributed by atoms with E-state index in [4.69, 9.17) is 0 Å². The van der Waals surface area contributed by atoms with E-state index in [0.717, 1.165) is 11.1 Å². The number of nitrogens with one attached hydrogen (secondary N) is 1. The lowest BCUT2D eigenvalue weighted by molar-refractivity contribution is -0.138. The Kier molecular flexibility index (Phi) is 4.03. The lowest BCUT2D eigenvalue weighted by atomic mass is 10.1. The van der Waals surface area contributed by atoms with Gasteiger partial charge in [0.15, 0.2) is 6.04 Å². The van der Waals surface area contributed by atoms with Crippen molar-refractivity contribution >= 4 is 11.7 Å². The highest BCUT2D eigenvalue weighted by atomic mass is 19.1. The first-order valence-electron chi connectivity index (χ1n) is 6.29.